The summed E-state index contributed by atoms with van der Waals surface area (Å²) in [4.78, 5) is 1.29. The summed E-state index contributed by atoms with van der Waals surface area (Å²) in [5, 5.41) is 6.89. The van der Waals surface area contributed by atoms with Crippen molar-refractivity contribution < 1.29 is 0 Å². The van der Waals surface area contributed by atoms with E-state index in [2.05, 4.69) is 22.2 Å². The minimum atomic E-state index is 0.665. The summed E-state index contributed by atoms with van der Waals surface area (Å²) in [7, 11) is 0. The Bertz CT molecular complexity index is 499. The van der Waals surface area contributed by atoms with Crippen molar-refractivity contribution in [1.82, 2.24) is 9.78 Å². The molecule has 0 aliphatic heterocycles. The van der Waals surface area contributed by atoms with Crippen molar-refractivity contribution in [2.75, 3.05) is 6.54 Å². The quantitative estimate of drug-likeness (QED) is 0.905. The summed E-state index contributed by atoms with van der Waals surface area (Å²) >= 11 is 1.77. The fourth-order valence-corrected chi connectivity index (χ4v) is 3.33. The third-order valence-corrected chi connectivity index (χ3v) is 4.23. The van der Waals surface area contributed by atoms with E-state index >= 15 is 0 Å². The van der Waals surface area contributed by atoms with E-state index in [0.29, 0.717) is 6.54 Å². The van der Waals surface area contributed by atoms with E-state index in [4.69, 9.17) is 10.8 Å². The van der Waals surface area contributed by atoms with Crippen molar-refractivity contribution in [2.45, 2.75) is 32.2 Å². The molecule has 0 aromatic carbocycles. The second kappa shape index (κ2) is 4.63. The summed E-state index contributed by atoms with van der Waals surface area (Å²) in [6, 6.07) is 4.26. The molecule has 3 rings (SSSR count). The molecule has 4 heteroatoms. The highest BCUT2D eigenvalue weighted by atomic mass is 32.1. The molecule has 0 spiro atoms. The van der Waals surface area contributed by atoms with Crippen LogP contribution in [0, 0.1) is 0 Å². The first-order valence-corrected chi connectivity index (χ1v) is 7.10. The zero-order chi connectivity index (χ0) is 11.7. The summed E-state index contributed by atoms with van der Waals surface area (Å²) in [6.07, 6.45) is 4.91. The Hall–Kier alpha value is -1.13. The predicted octanol–water partition coefficient (Wildman–Crippen LogP) is 2.45. The monoisotopic (exact) mass is 247 g/mol. The number of hydrogen-bond acceptors (Lipinski definition) is 3. The van der Waals surface area contributed by atoms with Gasteiger partial charge in [0.1, 0.15) is 5.69 Å². The molecule has 0 atom stereocenters. The van der Waals surface area contributed by atoms with Crippen LogP contribution in [-0.4, -0.2) is 16.3 Å². The number of nitrogens with two attached hydrogens (primary N) is 1. The number of hydrogen-bond donors (Lipinski definition) is 1. The highest BCUT2D eigenvalue weighted by molar-refractivity contribution is 7.13. The van der Waals surface area contributed by atoms with Crippen LogP contribution in [0.4, 0.5) is 0 Å². The maximum Gasteiger partial charge on any atom is 0.106 e. The highest BCUT2D eigenvalue weighted by Crippen LogP contribution is 2.33. The van der Waals surface area contributed by atoms with E-state index in [9.17, 15) is 0 Å². The summed E-state index contributed by atoms with van der Waals surface area (Å²) < 4.78 is 2.13. The van der Waals surface area contributed by atoms with Crippen molar-refractivity contribution in [3.8, 4) is 10.6 Å². The van der Waals surface area contributed by atoms with Crippen LogP contribution < -0.4 is 5.73 Å². The first-order valence-electron chi connectivity index (χ1n) is 6.22. The lowest BCUT2D eigenvalue weighted by atomic mass is 9.95. The lowest BCUT2D eigenvalue weighted by molar-refractivity contribution is 0.564. The van der Waals surface area contributed by atoms with Gasteiger partial charge < -0.3 is 5.73 Å². The number of rotatable bonds is 3. The first-order chi connectivity index (χ1) is 8.40. The lowest BCUT2D eigenvalue weighted by Gasteiger charge is -2.13. The molecule has 1 aliphatic carbocycles. The van der Waals surface area contributed by atoms with Crippen molar-refractivity contribution >= 4 is 11.3 Å². The molecule has 0 unspecified atom stereocenters. The Balaban J connectivity index is 2.09. The van der Waals surface area contributed by atoms with Gasteiger partial charge in [-0.25, -0.2) is 0 Å². The average Bonchev–Trinajstić information content (AvgIpc) is 2.97. The summed E-state index contributed by atoms with van der Waals surface area (Å²) in [5.41, 5.74) is 9.75. The van der Waals surface area contributed by atoms with Crippen LogP contribution in [0.3, 0.4) is 0 Å². The van der Waals surface area contributed by atoms with Gasteiger partial charge in [-0.1, -0.05) is 6.07 Å². The van der Waals surface area contributed by atoms with Crippen molar-refractivity contribution in [2.24, 2.45) is 5.73 Å². The minimum Gasteiger partial charge on any atom is -0.329 e. The smallest absolute Gasteiger partial charge is 0.106 e. The fraction of sp³-hybridized carbons (Fsp3) is 0.462. The van der Waals surface area contributed by atoms with Gasteiger partial charge in [-0.05, 0) is 37.1 Å². The van der Waals surface area contributed by atoms with Crippen LogP contribution in [0.25, 0.3) is 10.6 Å². The van der Waals surface area contributed by atoms with Gasteiger partial charge in [0.05, 0.1) is 11.4 Å². The van der Waals surface area contributed by atoms with E-state index in [-0.39, 0.29) is 0 Å². The van der Waals surface area contributed by atoms with Crippen molar-refractivity contribution in [1.29, 1.82) is 0 Å². The van der Waals surface area contributed by atoms with Gasteiger partial charge in [-0.15, -0.1) is 11.3 Å². The Kier molecular flexibility index (Phi) is 2.99. The highest BCUT2D eigenvalue weighted by Gasteiger charge is 2.21. The second-order valence-corrected chi connectivity index (χ2v) is 5.42. The first kappa shape index (κ1) is 11.0. The molecule has 0 fully saturated rings. The molecule has 0 saturated heterocycles. The third-order valence-electron chi connectivity index (χ3n) is 3.35. The van der Waals surface area contributed by atoms with E-state index < -0.39 is 0 Å². The van der Waals surface area contributed by atoms with Crippen LogP contribution >= 0.6 is 11.3 Å². The third kappa shape index (κ3) is 1.91. The number of fused-ring (bicyclic) bond motifs is 1. The van der Waals surface area contributed by atoms with Gasteiger partial charge in [0.15, 0.2) is 0 Å². The van der Waals surface area contributed by atoms with Crippen LogP contribution in [0.5, 0.6) is 0 Å². The maximum atomic E-state index is 5.66. The summed E-state index contributed by atoms with van der Waals surface area (Å²) in [5.74, 6) is 0. The van der Waals surface area contributed by atoms with Gasteiger partial charge in [0, 0.05) is 17.8 Å². The van der Waals surface area contributed by atoms with Gasteiger partial charge >= 0.3 is 0 Å². The molecule has 3 nitrogen and oxygen atoms in total. The van der Waals surface area contributed by atoms with E-state index in [0.717, 1.165) is 13.0 Å². The van der Waals surface area contributed by atoms with Crippen LogP contribution in [0.2, 0.25) is 0 Å². The molecular weight excluding hydrogens is 230 g/mol. The lowest BCUT2D eigenvalue weighted by Crippen LogP contribution is -2.15. The molecule has 1 aliphatic rings. The zero-order valence-electron chi connectivity index (χ0n) is 9.85. The minimum absolute atomic E-state index is 0.665. The zero-order valence-corrected chi connectivity index (χ0v) is 10.7. The number of thiophene rings is 1. The Morgan fingerprint density at radius 1 is 1.35 bits per heavy atom. The van der Waals surface area contributed by atoms with Gasteiger partial charge in [-0.3, -0.25) is 4.68 Å². The van der Waals surface area contributed by atoms with E-state index in [1.54, 1.807) is 11.3 Å². The van der Waals surface area contributed by atoms with Gasteiger partial charge in [0.25, 0.3) is 0 Å². The molecule has 17 heavy (non-hydrogen) atoms. The molecule has 90 valence electrons. The summed E-state index contributed by atoms with van der Waals surface area (Å²) in [6.45, 7) is 1.51. The molecule has 0 bridgehead atoms. The normalized spacial score (nSPS) is 14.9. The van der Waals surface area contributed by atoms with Crippen LogP contribution in [-0.2, 0) is 19.4 Å². The van der Waals surface area contributed by atoms with Crippen molar-refractivity contribution in [3.63, 3.8) is 0 Å². The average molecular weight is 247 g/mol. The fourth-order valence-electron chi connectivity index (χ4n) is 2.59. The topological polar surface area (TPSA) is 43.8 Å². The van der Waals surface area contributed by atoms with Crippen LogP contribution in [0.15, 0.2) is 17.5 Å². The number of aromatic nitrogens is 2. The molecule has 2 heterocycles. The Labute approximate surface area is 105 Å². The number of nitrogens with zero attached hydrogens (tertiary/aromatic N) is 2. The van der Waals surface area contributed by atoms with Crippen LogP contribution in [0.1, 0.15) is 24.1 Å². The molecule has 2 N–H and O–H groups in total. The van der Waals surface area contributed by atoms with E-state index in [1.165, 1.54) is 41.1 Å². The molecule has 0 saturated carbocycles. The predicted molar refractivity (Wildman–Crippen MR) is 71.2 cm³/mol. The SMILES string of the molecule is NCCn1nc(-c2cccs2)c2c1CCCC2. The van der Waals surface area contributed by atoms with Crippen molar-refractivity contribution in [3.05, 3.63) is 28.8 Å². The Morgan fingerprint density at radius 2 is 2.24 bits per heavy atom. The largest absolute Gasteiger partial charge is 0.329 e. The standard InChI is InChI=1S/C13H17N3S/c14-7-8-16-11-5-2-1-4-10(11)13(15-16)12-6-3-9-17-12/h3,6,9H,1-2,4-5,7-8,14H2. The van der Waals surface area contributed by atoms with E-state index in [1.807, 2.05) is 0 Å². The second-order valence-electron chi connectivity index (χ2n) is 4.47. The molecule has 2 aromatic heterocycles. The van der Waals surface area contributed by atoms with Gasteiger partial charge in [0.2, 0.25) is 0 Å². The van der Waals surface area contributed by atoms with Gasteiger partial charge in [-0.2, -0.15) is 5.10 Å². The molecule has 0 radical (unpaired) electrons. The molecular formula is C13H17N3S. The molecule has 2 aromatic rings. The maximum absolute atomic E-state index is 5.66. The Morgan fingerprint density at radius 3 is 3.00 bits per heavy atom. The molecule has 0 amide bonds.